The van der Waals surface area contributed by atoms with Crippen molar-refractivity contribution < 1.29 is 18.7 Å². The third kappa shape index (κ3) is 3.27. The summed E-state index contributed by atoms with van der Waals surface area (Å²) in [5.41, 5.74) is 2.75. The maximum absolute atomic E-state index is 12.3. The largest absolute Gasteiger partial charge is 0.497 e. The Bertz CT molecular complexity index is 1160. The average Bonchev–Trinajstić information content (AvgIpc) is 3.02. The SMILES string of the molecule is COc1ccc(C2=C/C(=C\c3cc(=O)oc4cc(C)ccc34)C(=O)O2)cc1. The molecule has 0 bridgehead atoms. The van der Waals surface area contributed by atoms with Gasteiger partial charge in [0.2, 0.25) is 0 Å². The predicted molar refractivity (Wildman–Crippen MR) is 102 cm³/mol. The molecule has 0 aliphatic carbocycles. The summed E-state index contributed by atoms with van der Waals surface area (Å²) in [6.07, 6.45) is 3.31. The van der Waals surface area contributed by atoms with E-state index >= 15 is 0 Å². The smallest absolute Gasteiger partial charge is 0.343 e. The van der Waals surface area contributed by atoms with E-state index in [0.29, 0.717) is 22.5 Å². The molecule has 134 valence electrons. The highest BCUT2D eigenvalue weighted by Crippen LogP contribution is 2.29. The minimum absolute atomic E-state index is 0.369. The van der Waals surface area contributed by atoms with Crippen molar-refractivity contribution in [3.05, 3.63) is 87.3 Å². The molecule has 5 nitrogen and oxygen atoms in total. The van der Waals surface area contributed by atoms with Crippen molar-refractivity contribution in [2.75, 3.05) is 7.11 Å². The minimum atomic E-state index is -0.467. The van der Waals surface area contributed by atoms with Gasteiger partial charge in [-0.25, -0.2) is 9.59 Å². The Morgan fingerprint density at radius 1 is 1.00 bits per heavy atom. The van der Waals surface area contributed by atoms with Gasteiger partial charge in [-0.15, -0.1) is 0 Å². The predicted octanol–water partition coefficient (Wildman–Crippen LogP) is 4.09. The van der Waals surface area contributed by atoms with Crippen LogP contribution in [0.4, 0.5) is 0 Å². The van der Waals surface area contributed by atoms with Gasteiger partial charge in [-0.3, -0.25) is 0 Å². The van der Waals surface area contributed by atoms with Gasteiger partial charge in [-0.1, -0.05) is 12.1 Å². The summed E-state index contributed by atoms with van der Waals surface area (Å²) < 4.78 is 15.8. The third-order valence-corrected chi connectivity index (χ3v) is 4.34. The van der Waals surface area contributed by atoms with Crippen molar-refractivity contribution in [3.8, 4) is 5.75 Å². The van der Waals surface area contributed by atoms with E-state index in [-0.39, 0.29) is 0 Å². The highest BCUT2D eigenvalue weighted by molar-refractivity contribution is 6.06. The quantitative estimate of drug-likeness (QED) is 0.400. The second-order valence-corrected chi connectivity index (χ2v) is 6.25. The van der Waals surface area contributed by atoms with E-state index in [9.17, 15) is 9.59 Å². The molecule has 3 aromatic rings. The molecule has 0 unspecified atom stereocenters. The molecule has 0 saturated heterocycles. The number of fused-ring (bicyclic) bond motifs is 1. The molecule has 1 aliphatic rings. The topological polar surface area (TPSA) is 65.7 Å². The Hall–Kier alpha value is -3.60. The van der Waals surface area contributed by atoms with Crippen molar-refractivity contribution in [1.29, 1.82) is 0 Å². The third-order valence-electron chi connectivity index (χ3n) is 4.34. The molecule has 2 aromatic carbocycles. The summed E-state index contributed by atoms with van der Waals surface area (Å²) in [5, 5.41) is 0.756. The van der Waals surface area contributed by atoms with Crippen LogP contribution in [0.5, 0.6) is 5.75 Å². The maximum Gasteiger partial charge on any atom is 0.343 e. The Morgan fingerprint density at radius 2 is 1.78 bits per heavy atom. The van der Waals surface area contributed by atoms with Crippen LogP contribution < -0.4 is 10.4 Å². The summed E-state index contributed by atoms with van der Waals surface area (Å²) in [4.78, 5) is 24.2. The van der Waals surface area contributed by atoms with Crippen molar-refractivity contribution in [1.82, 2.24) is 0 Å². The van der Waals surface area contributed by atoms with E-state index in [2.05, 4.69) is 0 Å². The monoisotopic (exact) mass is 360 g/mol. The number of hydrogen-bond acceptors (Lipinski definition) is 5. The van der Waals surface area contributed by atoms with Crippen LogP contribution in [0.3, 0.4) is 0 Å². The zero-order valence-corrected chi connectivity index (χ0v) is 14.8. The highest BCUT2D eigenvalue weighted by atomic mass is 16.5. The first-order valence-electron chi connectivity index (χ1n) is 8.38. The zero-order valence-electron chi connectivity index (χ0n) is 14.8. The molecule has 27 heavy (non-hydrogen) atoms. The fourth-order valence-corrected chi connectivity index (χ4v) is 2.97. The molecule has 1 aromatic heterocycles. The normalized spacial score (nSPS) is 15.1. The van der Waals surface area contributed by atoms with Gasteiger partial charge in [0.15, 0.2) is 0 Å². The van der Waals surface area contributed by atoms with E-state index < -0.39 is 11.6 Å². The Labute approximate surface area is 155 Å². The lowest BCUT2D eigenvalue weighted by molar-refractivity contribution is -0.130. The molecule has 0 N–H and O–H groups in total. The van der Waals surface area contributed by atoms with Crippen LogP contribution in [0, 0.1) is 6.92 Å². The van der Waals surface area contributed by atoms with Gasteiger partial charge in [0.1, 0.15) is 17.1 Å². The number of carbonyl (C=O) groups is 1. The molecular formula is C22H16O5. The minimum Gasteiger partial charge on any atom is -0.497 e. The van der Waals surface area contributed by atoms with Gasteiger partial charge in [0.05, 0.1) is 12.7 Å². The summed E-state index contributed by atoms with van der Waals surface area (Å²) in [7, 11) is 1.59. The fraction of sp³-hybridized carbons (Fsp3) is 0.0909. The zero-order chi connectivity index (χ0) is 19.0. The van der Waals surface area contributed by atoms with Crippen molar-refractivity contribution in [2.45, 2.75) is 6.92 Å². The molecular weight excluding hydrogens is 344 g/mol. The Morgan fingerprint density at radius 3 is 2.52 bits per heavy atom. The number of cyclic esters (lactones) is 1. The Kier molecular flexibility index (Phi) is 4.12. The van der Waals surface area contributed by atoms with Crippen LogP contribution in [0.1, 0.15) is 16.7 Å². The molecule has 1 aliphatic heterocycles. The van der Waals surface area contributed by atoms with Gasteiger partial charge >= 0.3 is 11.6 Å². The van der Waals surface area contributed by atoms with E-state index in [1.807, 2.05) is 31.2 Å². The molecule has 4 rings (SSSR count). The van der Waals surface area contributed by atoms with Gasteiger partial charge in [0, 0.05) is 17.0 Å². The first-order valence-corrected chi connectivity index (χ1v) is 8.38. The second-order valence-electron chi connectivity index (χ2n) is 6.25. The lowest BCUT2D eigenvalue weighted by Crippen LogP contribution is -2.00. The number of aryl methyl sites for hydroxylation is 1. The molecule has 0 spiro atoms. The van der Waals surface area contributed by atoms with Crippen molar-refractivity contribution in [2.24, 2.45) is 0 Å². The van der Waals surface area contributed by atoms with E-state index in [4.69, 9.17) is 13.9 Å². The van der Waals surface area contributed by atoms with Crippen LogP contribution in [-0.2, 0) is 9.53 Å². The van der Waals surface area contributed by atoms with E-state index in [0.717, 1.165) is 22.3 Å². The summed E-state index contributed by atoms with van der Waals surface area (Å²) in [6.45, 7) is 1.92. The number of hydrogen-bond donors (Lipinski definition) is 0. The molecule has 0 atom stereocenters. The van der Waals surface area contributed by atoms with E-state index in [1.165, 1.54) is 6.07 Å². The highest BCUT2D eigenvalue weighted by Gasteiger charge is 2.22. The van der Waals surface area contributed by atoms with Gasteiger partial charge in [-0.2, -0.15) is 0 Å². The first kappa shape index (κ1) is 16.8. The average molecular weight is 360 g/mol. The molecule has 0 radical (unpaired) electrons. The Balaban J connectivity index is 1.77. The van der Waals surface area contributed by atoms with Gasteiger partial charge in [-0.05, 0) is 60.5 Å². The number of ether oxygens (including phenoxy) is 2. The lowest BCUT2D eigenvalue weighted by atomic mass is 10.0. The summed E-state index contributed by atoms with van der Waals surface area (Å²) in [5.74, 6) is 0.712. The van der Waals surface area contributed by atoms with Crippen LogP contribution in [0.15, 0.2) is 69.4 Å². The van der Waals surface area contributed by atoms with Crippen LogP contribution >= 0.6 is 0 Å². The van der Waals surface area contributed by atoms with Gasteiger partial charge < -0.3 is 13.9 Å². The lowest BCUT2D eigenvalue weighted by Gasteiger charge is -2.03. The van der Waals surface area contributed by atoms with Crippen LogP contribution in [-0.4, -0.2) is 13.1 Å². The van der Waals surface area contributed by atoms with Crippen LogP contribution in [0.2, 0.25) is 0 Å². The molecule has 2 heterocycles. The number of benzene rings is 2. The number of rotatable bonds is 3. The van der Waals surface area contributed by atoms with Gasteiger partial charge in [0.25, 0.3) is 0 Å². The van der Waals surface area contributed by atoms with Crippen molar-refractivity contribution >= 4 is 28.8 Å². The second kappa shape index (κ2) is 6.61. The number of esters is 1. The number of methoxy groups -OCH3 is 1. The summed E-state index contributed by atoms with van der Waals surface area (Å²) in [6, 6.07) is 14.2. The molecule has 0 saturated carbocycles. The fourth-order valence-electron chi connectivity index (χ4n) is 2.97. The standard InChI is InChI=1S/C22H16O5/c1-13-3-8-18-15(12-21(23)26-20(18)9-13)10-16-11-19(27-22(16)24)14-4-6-17(25-2)7-5-14/h3-12H,1-2H3/b16-10+. The van der Waals surface area contributed by atoms with Crippen LogP contribution in [0.25, 0.3) is 22.8 Å². The summed E-state index contributed by atoms with van der Waals surface area (Å²) >= 11 is 0. The number of carbonyl (C=O) groups excluding carboxylic acids is 1. The molecule has 0 fully saturated rings. The van der Waals surface area contributed by atoms with Crippen molar-refractivity contribution in [3.63, 3.8) is 0 Å². The maximum atomic E-state index is 12.3. The first-order chi connectivity index (χ1) is 13.0. The molecule has 0 amide bonds. The molecule has 5 heteroatoms. The van der Waals surface area contributed by atoms with E-state index in [1.54, 1.807) is 37.5 Å².